The number of carbonyl (C=O) groups is 1. The molecule has 1 atom stereocenters. The maximum absolute atomic E-state index is 10.3. The first kappa shape index (κ1) is 9.74. The summed E-state index contributed by atoms with van der Waals surface area (Å²) >= 11 is 0. The van der Waals surface area contributed by atoms with Crippen LogP contribution in [0.4, 0.5) is 0 Å². The summed E-state index contributed by atoms with van der Waals surface area (Å²) in [4.78, 5) is 10.3. The summed E-state index contributed by atoms with van der Waals surface area (Å²) in [7, 11) is 0. The lowest BCUT2D eigenvalue weighted by atomic mass is 10.1. The fraction of sp³-hybridized carbons (Fsp3) is 0.300. The van der Waals surface area contributed by atoms with Gasteiger partial charge in [-0.25, -0.2) is 0 Å². The number of carboxylic acids is 1. The third kappa shape index (κ3) is 2.87. The summed E-state index contributed by atoms with van der Waals surface area (Å²) in [6.45, 7) is 1.94. The summed E-state index contributed by atoms with van der Waals surface area (Å²) in [5.41, 5.74) is 1.74. The van der Waals surface area contributed by atoms with Crippen LogP contribution in [0, 0.1) is 6.92 Å². The predicted molar refractivity (Wildman–Crippen MR) is 48.4 cm³/mol. The molecular weight excluding hydrogens is 168 g/mol. The van der Waals surface area contributed by atoms with Crippen LogP contribution in [0.1, 0.15) is 23.7 Å². The molecule has 2 N–H and O–H groups in total. The molecule has 0 aliphatic rings. The van der Waals surface area contributed by atoms with Crippen LogP contribution < -0.4 is 0 Å². The molecule has 0 spiro atoms. The molecule has 0 saturated heterocycles. The van der Waals surface area contributed by atoms with Gasteiger partial charge in [0.2, 0.25) is 0 Å². The van der Waals surface area contributed by atoms with Crippen LogP contribution in [0.15, 0.2) is 24.3 Å². The Kier molecular flexibility index (Phi) is 3.03. The van der Waals surface area contributed by atoms with E-state index >= 15 is 0 Å². The Labute approximate surface area is 76.6 Å². The van der Waals surface area contributed by atoms with Crippen molar-refractivity contribution in [1.82, 2.24) is 0 Å². The van der Waals surface area contributed by atoms with Crippen LogP contribution in [0.25, 0.3) is 0 Å². The average Bonchev–Trinajstić information content (AvgIpc) is 2.04. The highest BCUT2D eigenvalue weighted by atomic mass is 16.4. The van der Waals surface area contributed by atoms with Crippen molar-refractivity contribution < 1.29 is 15.0 Å². The summed E-state index contributed by atoms with van der Waals surface area (Å²) in [5.74, 6) is -0.993. The molecule has 70 valence electrons. The highest BCUT2D eigenvalue weighted by Crippen LogP contribution is 2.16. The normalized spacial score (nSPS) is 12.5. The smallest absolute Gasteiger partial charge is 0.306 e. The van der Waals surface area contributed by atoms with Crippen molar-refractivity contribution in [2.45, 2.75) is 19.4 Å². The van der Waals surface area contributed by atoms with E-state index in [-0.39, 0.29) is 6.42 Å². The van der Waals surface area contributed by atoms with Gasteiger partial charge in [-0.05, 0) is 12.5 Å². The summed E-state index contributed by atoms with van der Waals surface area (Å²) in [6, 6.07) is 7.17. The van der Waals surface area contributed by atoms with E-state index in [0.717, 1.165) is 5.56 Å². The minimum absolute atomic E-state index is 0.247. The summed E-state index contributed by atoms with van der Waals surface area (Å²) in [6.07, 6.45) is -1.15. The second-order valence-electron chi connectivity index (χ2n) is 3.02. The van der Waals surface area contributed by atoms with E-state index in [1.54, 1.807) is 12.1 Å². The molecule has 1 aromatic carbocycles. The number of hydrogen-bond donors (Lipinski definition) is 2. The second-order valence-corrected chi connectivity index (χ2v) is 3.02. The number of hydrogen-bond acceptors (Lipinski definition) is 2. The third-order valence-corrected chi connectivity index (χ3v) is 1.83. The van der Waals surface area contributed by atoms with Crippen molar-refractivity contribution in [3.8, 4) is 0 Å². The van der Waals surface area contributed by atoms with Gasteiger partial charge in [0, 0.05) is 0 Å². The molecule has 1 rings (SSSR count). The van der Waals surface area contributed by atoms with E-state index < -0.39 is 12.1 Å². The molecule has 13 heavy (non-hydrogen) atoms. The molecule has 0 aromatic heterocycles. The Hall–Kier alpha value is -1.35. The van der Waals surface area contributed by atoms with Gasteiger partial charge in [0.05, 0.1) is 12.5 Å². The molecule has 0 aliphatic heterocycles. The highest BCUT2D eigenvalue weighted by molar-refractivity contribution is 5.67. The van der Waals surface area contributed by atoms with Gasteiger partial charge in [-0.2, -0.15) is 0 Å². The molecule has 0 aliphatic carbocycles. The lowest BCUT2D eigenvalue weighted by Crippen LogP contribution is -2.05. The zero-order chi connectivity index (χ0) is 9.84. The molecule has 0 heterocycles. The standard InChI is InChI=1S/C10H12O3/c1-7-2-4-8(5-3-7)9(11)6-10(12)13/h2-5,9,11H,6H2,1H3,(H,12,13)/t9-/m1/s1. The average molecular weight is 180 g/mol. The SMILES string of the molecule is Cc1ccc([C@H](O)CC(=O)O)cc1. The molecule has 0 radical (unpaired) electrons. The van der Waals surface area contributed by atoms with E-state index in [2.05, 4.69) is 0 Å². The monoisotopic (exact) mass is 180 g/mol. The maximum atomic E-state index is 10.3. The number of benzene rings is 1. The Morgan fingerprint density at radius 2 is 1.92 bits per heavy atom. The molecule has 0 bridgehead atoms. The predicted octanol–water partition coefficient (Wildman–Crippen LogP) is 1.50. The van der Waals surface area contributed by atoms with Crippen molar-refractivity contribution in [2.75, 3.05) is 0 Å². The third-order valence-electron chi connectivity index (χ3n) is 1.83. The lowest BCUT2D eigenvalue weighted by molar-refractivity contribution is -0.139. The van der Waals surface area contributed by atoms with Crippen LogP contribution in [-0.4, -0.2) is 16.2 Å². The molecular formula is C10H12O3. The first-order valence-electron chi connectivity index (χ1n) is 4.06. The number of carboxylic acid groups (broad SMARTS) is 1. The van der Waals surface area contributed by atoms with Crippen LogP contribution >= 0.6 is 0 Å². The van der Waals surface area contributed by atoms with Gasteiger partial charge in [0.15, 0.2) is 0 Å². The zero-order valence-corrected chi connectivity index (χ0v) is 7.40. The van der Waals surface area contributed by atoms with Crippen LogP contribution in [0.3, 0.4) is 0 Å². The molecule has 0 unspecified atom stereocenters. The maximum Gasteiger partial charge on any atom is 0.306 e. The van der Waals surface area contributed by atoms with Gasteiger partial charge in [-0.1, -0.05) is 29.8 Å². The van der Waals surface area contributed by atoms with Crippen molar-refractivity contribution >= 4 is 5.97 Å². The Morgan fingerprint density at radius 3 is 2.38 bits per heavy atom. The quantitative estimate of drug-likeness (QED) is 0.741. The Morgan fingerprint density at radius 1 is 1.38 bits per heavy atom. The fourth-order valence-corrected chi connectivity index (χ4v) is 1.07. The van der Waals surface area contributed by atoms with Crippen LogP contribution in [0.5, 0.6) is 0 Å². The van der Waals surface area contributed by atoms with Crippen LogP contribution in [0.2, 0.25) is 0 Å². The molecule has 1 aromatic rings. The molecule has 3 heteroatoms. The van der Waals surface area contributed by atoms with Gasteiger partial charge < -0.3 is 10.2 Å². The van der Waals surface area contributed by atoms with Crippen molar-refractivity contribution in [3.05, 3.63) is 35.4 Å². The van der Waals surface area contributed by atoms with E-state index in [9.17, 15) is 9.90 Å². The lowest BCUT2D eigenvalue weighted by Gasteiger charge is -2.07. The topological polar surface area (TPSA) is 57.5 Å². The largest absolute Gasteiger partial charge is 0.481 e. The first-order valence-corrected chi connectivity index (χ1v) is 4.06. The van der Waals surface area contributed by atoms with Gasteiger partial charge >= 0.3 is 5.97 Å². The van der Waals surface area contributed by atoms with Crippen molar-refractivity contribution in [2.24, 2.45) is 0 Å². The fourth-order valence-electron chi connectivity index (χ4n) is 1.07. The molecule has 0 fully saturated rings. The van der Waals surface area contributed by atoms with Crippen LogP contribution in [-0.2, 0) is 4.79 Å². The minimum Gasteiger partial charge on any atom is -0.481 e. The van der Waals surface area contributed by atoms with E-state index in [0.29, 0.717) is 5.56 Å². The van der Waals surface area contributed by atoms with Gasteiger partial charge in [0.25, 0.3) is 0 Å². The van der Waals surface area contributed by atoms with E-state index in [4.69, 9.17) is 5.11 Å². The zero-order valence-electron chi connectivity index (χ0n) is 7.40. The van der Waals surface area contributed by atoms with Crippen molar-refractivity contribution in [3.63, 3.8) is 0 Å². The van der Waals surface area contributed by atoms with Gasteiger partial charge in [0.1, 0.15) is 0 Å². The van der Waals surface area contributed by atoms with E-state index in [1.807, 2.05) is 19.1 Å². The molecule has 0 amide bonds. The Bertz CT molecular complexity index is 290. The number of rotatable bonds is 3. The minimum atomic E-state index is -0.993. The van der Waals surface area contributed by atoms with Crippen molar-refractivity contribution in [1.29, 1.82) is 0 Å². The Balaban J connectivity index is 2.71. The summed E-state index contributed by atoms with van der Waals surface area (Å²) in [5, 5.41) is 17.8. The number of aliphatic hydroxyl groups is 1. The van der Waals surface area contributed by atoms with Gasteiger partial charge in [-0.3, -0.25) is 4.79 Å². The highest BCUT2D eigenvalue weighted by Gasteiger charge is 2.10. The second kappa shape index (κ2) is 4.05. The van der Waals surface area contributed by atoms with Gasteiger partial charge in [-0.15, -0.1) is 0 Å². The number of aryl methyl sites for hydroxylation is 1. The summed E-state index contributed by atoms with van der Waals surface area (Å²) < 4.78 is 0. The first-order chi connectivity index (χ1) is 6.09. The molecule has 0 saturated carbocycles. The number of aliphatic carboxylic acids is 1. The van der Waals surface area contributed by atoms with E-state index in [1.165, 1.54) is 0 Å². The molecule has 3 nitrogen and oxygen atoms in total. The number of aliphatic hydroxyl groups excluding tert-OH is 1.